The van der Waals surface area contributed by atoms with E-state index in [0.29, 0.717) is 25.6 Å². The van der Waals surface area contributed by atoms with Crippen LogP contribution in [0.2, 0.25) is 0 Å². The average molecular weight is 354 g/mol. The summed E-state index contributed by atoms with van der Waals surface area (Å²) < 4.78 is 11.4. The highest BCUT2D eigenvalue weighted by Gasteiger charge is 2.22. The molecule has 0 aliphatic heterocycles. The monoisotopic (exact) mass is 354 g/mol. The van der Waals surface area contributed by atoms with Gasteiger partial charge in [-0.3, -0.25) is 4.99 Å². The average Bonchev–Trinajstić information content (AvgIpc) is 3.51. The fourth-order valence-electron chi connectivity index (χ4n) is 2.39. The molecule has 1 heterocycles. The number of rotatable bonds is 9. The van der Waals surface area contributed by atoms with Crippen LogP contribution < -0.4 is 20.1 Å². The van der Waals surface area contributed by atoms with Gasteiger partial charge in [0.15, 0.2) is 5.96 Å². The maximum atomic E-state index is 5.72. The van der Waals surface area contributed by atoms with Gasteiger partial charge in [0.1, 0.15) is 12.4 Å². The molecule has 1 aliphatic rings. The van der Waals surface area contributed by atoms with Gasteiger partial charge < -0.3 is 20.1 Å². The van der Waals surface area contributed by atoms with Crippen LogP contribution >= 0.6 is 0 Å². The zero-order valence-electron chi connectivity index (χ0n) is 15.1. The van der Waals surface area contributed by atoms with Gasteiger partial charge in [0.05, 0.1) is 13.2 Å². The van der Waals surface area contributed by atoms with Crippen molar-refractivity contribution < 1.29 is 9.47 Å². The Morgan fingerprint density at radius 1 is 1.15 bits per heavy atom. The van der Waals surface area contributed by atoms with Crippen molar-refractivity contribution in [3.63, 3.8) is 0 Å². The quantitative estimate of drug-likeness (QED) is 0.412. The maximum Gasteiger partial charge on any atom is 0.213 e. The molecule has 1 saturated carbocycles. The zero-order valence-corrected chi connectivity index (χ0v) is 15.1. The molecule has 1 aliphatic carbocycles. The number of pyridine rings is 1. The van der Waals surface area contributed by atoms with Crippen LogP contribution in [0.15, 0.2) is 53.7 Å². The third-order valence-corrected chi connectivity index (χ3v) is 4.05. The lowest BCUT2D eigenvalue weighted by Crippen LogP contribution is -2.38. The first kappa shape index (κ1) is 18.0. The highest BCUT2D eigenvalue weighted by atomic mass is 16.5. The van der Waals surface area contributed by atoms with Crippen LogP contribution in [0.1, 0.15) is 18.4 Å². The minimum absolute atomic E-state index is 0.569. The van der Waals surface area contributed by atoms with Crippen LogP contribution in [0.4, 0.5) is 0 Å². The number of guanidine groups is 1. The van der Waals surface area contributed by atoms with E-state index in [1.165, 1.54) is 12.8 Å². The molecule has 0 spiro atoms. The molecular weight excluding hydrogens is 328 g/mol. The molecule has 0 radical (unpaired) electrons. The first-order valence-corrected chi connectivity index (χ1v) is 9.03. The van der Waals surface area contributed by atoms with E-state index in [4.69, 9.17) is 9.47 Å². The van der Waals surface area contributed by atoms with E-state index in [-0.39, 0.29) is 0 Å². The number of nitrogens with zero attached hydrogens (tertiary/aromatic N) is 2. The summed E-state index contributed by atoms with van der Waals surface area (Å²) in [5.74, 6) is 3.02. The summed E-state index contributed by atoms with van der Waals surface area (Å²) in [5.41, 5.74) is 1.11. The molecule has 3 rings (SSSR count). The van der Waals surface area contributed by atoms with Crippen LogP contribution in [0.3, 0.4) is 0 Å². The molecule has 0 unspecified atom stereocenters. The van der Waals surface area contributed by atoms with Crippen molar-refractivity contribution in [2.75, 3.05) is 26.8 Å². The van der Waals surface area contributed by atoms with Gasteiger partial charge in [-0.05, 0) is 42.5 Å². The van der Waals surface area contributed by atoms with Gasteiger partial charge in [0, 0.05) is 25.9 Å². The van der Waals surface area contributed by atoms with Crippen LogP contribution in [0.25, 0.3) is 0 Å². The SMILES string of the molecule is CN=C(NCCOc1ccccc1)NCc1ccnc(OCC2CC2)c1. The molecule has 1 aromatic heterocycles. The molecular formula is C20H26N4O2. The lowest BCUT2D eigenvalue weighted by molar-refractivity contribution is 0.288. The van der Waals surface area contributed by atoms with Crippen molar-refractivity contribution in [3.05, 3.63) is 54.2 Å². The topological polar surface area (TPSA) is 67.8 Å². The zero-order chi connectivity index (χ0) is 18.0. The number of benzene rings is 1. The number of aromatic nitrogens is 1. The molecule has 1 fully saturated rings. The van der Waals surface area contributed by atoms with E-state index in [1.54, 1.807) is 13.2 Å². The molecule has 6 nitrogen and oxygen atoms in total. The van der Waals surface area contributed by atoms with Crippen molar-refractivity contribution in [3.8, 4) is 11.6 Å². The van der Waals surface area contributed by atoms with Crippen molar-refractivity contribution in [1.29, 1.82) is 0 Å². The molecule has 0 bridgehead atoms. The first-order chi connectivity index (χ1) is 12.8. The summed E-state index contributed by atoms with van der Waals surface area (Å²) in [6, 6.07) is 13.7. The lowest BCUT2D eigenvalue weighted by atomic mass is 10.2. The summed E-state index contributed by atoms with van der Waals surface area (Å²) in [7, 11) is 1.75. The Morgan fingerprint density at radius 3 is 2.77 bits per heavy atom. The van der Waals surface area contributed by atoms with Crippen molar-refractivity contribution in [2.24, 2.45) is 10.9 Å². The van der Waals surface area contributed by atoms with Crippen LogP contribution in [-0.4, -0.2) is 37.7 Å². The normalized spacial score (nSPS) is 14.0. The van der Waals surface area contributed by atoms with Gasteiger partial charge in [-0.15, -0.1) is 0 Å². The second-order valence-electron chi connectivity index (χ2n) is 6.27. The summed E-state index contributed by atoms with van der Waals surface area (Å²) >= 11 is 0. The predicted molar refractivity (Wildman–Crippen MR) is 103 cm³/mol. The summed E-state index contributed by atoms with van der Waals surface area (Å²) in [6.07, 6.45) is 4.33. The van der Waals surface area contributed by atoms with E-state index >= 15 is 0 Å². The number of nitrogens with one attached hydrogen (secondary N) is 2. The molecule has 2 aromatic rings. The third kappa shape index (κ3) is 6.27. The number of aliphatic imine (C=N–C) groups is 1. The van der Waals surface area contributed by atoms with E-state index in [9.17, 15) is 0 Å². The number of ether oxygens (including phenoxy) is 2. The number of para-hydroxylation sites is 1. The lowest BCUT2D eigenvalue weighted by Gasteiger charge is -2.13. The minimum atomic E-state index is 0.569. The molecule has 1 aromatic carbocycles. The minimum Gasteiger partial charge on any atom is -0.492 e. The Bertz CT molecular complexity index is 702. The largest absolute Gasteiger partial charge is 0.492 e. The van der Waals surface area contributed by atoms with Crippen molar-refractivity contribution in [2.45, 2.75) is 19.4 Å². The van der Waals surface area contributed by atoms with Crippen LogP contribution in [0.5, 0.6) is 11.6 Å². The Kier molecular flexibility index (Phi) is 6.70. The van der Waals surface area contributed by atoms with E-state index in [1.807, 2.05) is 42.5 Å². The summed E-state index contributed by atoms with van der Waals surface area (Å²) in [6.45, 7) is 2.66. The predicted octanol–water partition coefficient (Wildman–Crippen LogP) is 2.61. The van der Waals surface area contributed by atoms with Crippen molar-refractivity contribution in [1.82, 2.24) is 15.6 Å². The van der Waals surface area contributed by atoms with Gasteiger partial charge in [-0.2, -0.15) is 0 Å². The first-order valence-electron chi connectivity index (χ1n) is 9.03. The van der Waals surface area contributed by atoms with Crippen LogP contribution in [0, 0.1) is 5.92 Å². The number of hydrogen-bond acceptors (Lipinski definition) is 4. The molecule has 0 atom stereocenters. The molecule has 6 heteroatoms. The molecule has 0 amide bonds. The van der Waals surface area contributed by atoms with Gasteiger partial charge in [0.2, 0.25) is 5.88 Å². The van der Waals surface area contributed by atoms with Crippen molar-refractivity contribution >= 4 is 5.96 Å². The van der Waals surface area contributed by atoms with E-state index in [2.05, 4.69) is 20.6 Å². The van der Waals surface area contributed by atoms with Crippen LogP contribution in [-0.2, 0) is 6.54 Å². The highest BCUT2D eigenvalue weighted by Crippen LogP contribution is 2.29. The smallest absolute Gasteiger partial charge is 0.213 e. The maximum absolute atomic E-state index is 5.72. The Labute approximate surface area is 154 Å². The van der Waals surface area contributed by atoms with Gasteiger partial charge in [0.25, 0.3) is 0 Å². The summed E-state index contributed by atoms with van der Waals surface area (Å²) in [4.78, 5) is 8.49. The Morgan fingerprint density at radius 2 is 2.00 bits per heavy atom. The highest BCUT2D eigenvalue weighted by molar-refractivity contribution is 5.79. The Balaban J connectivity index is 1.37. The standard InChI is InChI=1S/C20H26N4O2/c1-21-20(23-11-12-25-18-5-3-2-4-6-18)24-14-17-9-10-22-19(13-17)26-15-16-7-8-16/h2-6,9-10,13,16H,7-8,11-12,14-15H2,1H3,(H2,21,23,24). The van der Waals surface area contributed by atoms with Gasteiger partial charge in [-0.1, -0.05) is 18.2 Å². The van der Waals surface area contributed by atoms with Gasteiger partial charge >= 0.3 is 0 Å². The molecule has 138 valence electrons. The third-order valence-electron chi connectivity index (χ3n) is 4.05. The fraction of sp³-hybridized carbons (Fsp3) is 0.400. The summed E-state index contributed by atoms with van der Waals surface area (Å²) in [5, 5.41) is 6.53. The fourth-order valence-corrected chi connectivity index (χ4v) is 2.39. The molecule has 2 N–H and O–H groups in total. The molecule has 0 saturated heterocycles. The van der Waals surface area contributed by atoms with E-state index in [0.717, 1.165) is 29.8 Å². The molecule has 26 heavy (non-hydrogen) atoms. The van der Waals surface area contributed by atoms with E-state index < -0.39 is 0 Å². The second-order valence-corrected chi connectivity index (χ2v) is 6.27. The number of hydrogen-bond donors (Lipinski definition) is 2. The Hall–Kier alpha value is -2.76. The second kappa shape index (κ2) is 9.65. The van der Waals surface area contributed by atoms with Gasteiger partial charge in [-0.25, -0.2) is 4.98 Å².